The molecule has 1 N–H and O–H groups in total. The van der Waals surface area contributed by atoms with Gasteiger partial charge in [-0.05, 0) is 20.8 Å². The van der Waals surface area contributed by atoms with Crippen molar-refractivity contribution in [2.45, 2.75) is 26.4 Å². The van der Waals surface area contributed by atoms with Crippen LogP contribution in [0.25, 0.3) is 0 Å². The molecule has 0 spiro atoms. The number of aliphatic imine (C=N–C) groups is 2. The molecule has 0 aromatic heterocycles. The topological polar surface area (TPSA) is 66.3 Å². The molecule has 0 saturated heterocycles. The lowest BCUT2D eigenvalue weighted by molar-refractivity contribution is 0.0283. The maximum atomic E-state index is 12.0. The predicted molar refractivity (Wildman–Crippen MR) is 77.4 cm³/mol. The van der Waals surface area contributed by atoms with Crippen LogP contribution in [0.5, 0.6) is 0 Å². The van der Waals surface area contributed by atoms with Gasteiger partial charge in [-0.3, -0.25) is 9.98 Å². The van der Waals surface area contributed by atoms with Crippen LogP contribution in [0.3, 0.4) is 0 Å². The lowest BCUT2D eigenvalue weighted by Crippen LogP contribution is -2.41. The Labute approximate surface area is 114 Å². The number of hydrogen-bond acceptors (Lipinski definition) is 5. The third-order valence-corrected chi connectivity index (χ3v) is 2.36. The molecular weight excluding hydrogens is 244 g/mol. The van der Waals surface area contributed by atoms with Gasteiger partial charge >= 0.3 is 6.09 Å². The minimum atomic E-state index is -0.474. The quantitative estimate of drug-likeness (QED) is 0.712. The fourth-order valence-corrected chi connectivity index (χ4v) is 1.48. The Morgan fingerprint density at radius 3 is 2.63 bits per heavy atom. The Balaban J connectivity index is 2.55. The molecule has 0 radical (unpaired) electrons. The highest BCUT2D eigenvalue weighted by Crippen LogP contribution is 2.09. The van der Waals surface area contributed by atoms with Gasteiger partial charge in [0.05, 0.1) is 19.6 Å². The van der Waals surface area contributed by atoms with Crippen LogP contribution >= 0.6 is 0 Å². The zero-order valence-corrected chi connectivity index (χ0v) is 12.1. The maximum Gasteiger partial charge on any atom is 0.410 e. The van der Waals surface area contributed by atoms with Crippen molar-refractivity contribution in [3.8, 4) is 0 Å². The fraction of sp³-hybridized carbons (Fsp3) is 0.769. The highest BCUT2D eigenvalue weighted by Gasteiger charge is 2.21. The van der Waals surface area contributed by atoms with Gasteiger partial charge in [0.2, 0.25) is 0 Å². The molecular formula is C13H24N4O2. The smallest absolute Gasteiger partial charge is 0.410 e. The van der Waals surface area contributed by atoms with Gasteiger partial charge in [0, 0.05) is 32.1 Å². The van der Waals surface area contributed by atoms with E-state index in [4.69, 9.17) is 4.74 Å². The summed E-state index contributed by atoms with van der Waals surface area (Å²) in [5.74, 6) is 0. The first-order valence-electron chi connectivity index (χ1n) is 6.64. The van der Waals surface area contributed by atoms with E-state index in [1.54, 1.807) is 11.1 Å². The van der Waals surface area contributed by atoms with Crippen molar-refractivity contribution in [1.29, 1.82) is 0 Å². The van der Waals surface area contributed by atoms with E-state index >= 15 is 0 Å². The lowest BCUT2D eigenvalue weighted by Gasteiger charge is -2.26. The molecule has 6 nitrogen and oxygen atoms in total. The van der Waals surface area contributed by atoms with Gasteiger partial charge in [-0.2, -0.15) is 0 Å². The minimum Gasteiger partial charge on any atom is -0.444 e. The van der Waals surface area contributed by atoms with Crippen LogP contribution in [0, 0.1) is 0 Å². The van der Waals surface area contributed by atoms with Crippen molar-refractivity contribution >= 4 is 18.5 Å². The molecule has 0 unspecified atom stereocenters. The second-order valence-electron chi connectivity index (χ2n) is 5.31. The largest absolute Gasteiger partial charge is 0.444 e. The second kappa shape index (κ2) is 7.89. The van der Waals surface area contributed by atoms with Gasteiger partial charge in [-0.1, -0.05) is 0 Å². The SMILES string of the molecule is CC(C)(C)OC(=O)N1C/C=N/CC/N=C/CNCC1. The van der Waals surface area contributed by atoms with E-state index in [0.717, 1.165) is 0 Å². The number of amides is 1. The summed E-state index contributed by atoms with van der Waals surface area (Å²) in [4.78, 5) is 22.1. The predicted octanol–water partition coefficient (Wildman–Crippen LogP) is 0.968. The second-order valence-corrected chi connectivity index (χ2v) is 5.31. The van der Waals surface area contributed by atoms with E-state index in [1.165, 1.54) is 0 Å². The number of carbonyl (C=O) groups is 1. The van der Waals surface area contributed by atoms with Crippen molar-refractivity contribution < 1.29 is 9.53 Å². The van der Waals surface area contributed by atoms with Gasteiger partial charge in [-0.15, -0.1) is 0 Å². The fourth-order valence-electron chi connectivity index (χ4n) is 1.48. The van der Waals surface area contributed by atoms with Crippen LogP contribution in [-0.2, 0) is 4.74 Å². The highest BCUT2D eigenvalue weighted by molar-refractivity contribution is 5.73. The Morgan fingerprint density at radius 2 is 1.95 bits per heavy atom. The summed E-state index contributed by atoms with van der Waals surface area (Å²) in [6, 6.07) is 0. The number of nitrogens with zero attached hydrogens (tertiary/aromatic N) is 3. The van der Waals surface area contributed by atoms with Crippen molar-refractivity contribution in [2.24, 2.45) is 9.98 Å². The summed E-state index contributed by atoms with van der Waals surface area (Å²) in [5.41, 5.74) is -0.474. The Hall–Kier alpha value is -1.43. The zero-order chi connectivity index (χ0) is 14.1. The van der Waals surface area contributed by atoms with Gasteiger partial charge < -0.3 is 15.0 Å². The molecule has 0 aromatic rings. The first-order valence-corrected chi connectivity index (χ1v) is 6.64. The molecule has 1 heterocycles. The molecule has 0 fully saturated rings. The van der Waals surface area contributed by atoms with Crippen LogP contribution in [-0.4, -0.2) is 68.3 Å². The van der Waals surface area contributed by atoms with Crippen LogP contribution in [0.1, 0.15) is 20.8 Å². The van der Waals surface area contributed by atoms with E-state index in [1.807, 2.05) is 27.0 Å². The molecule has 0 atom stereocenters. The highest BCUT2D eigenvalue weighted by atomic mass is 16.6. The van der Waals surface area contributed by atoms with Gasteiger partial charge in [0.1, 0.15) is 5.60 Å². The third kappa shape index (κ3) is 7.56. The van der Waals surface area contributed by atoms with E-state index in [-0.39, 0.29) is 6.09 Å². The molecule has 108 valence electrons. The number of nitrogens with one attached hydrogen (secondary N) is 1. The van der Waals surface area contributed by atoms with E-state index in [2.05, 4.69) is 15.3 Å². The Morgan fingerprint density at radius 1 is 1.26 bits per heavy atom. The molecule has 1 amide bonds. The van der Waals surface area contributed by atoms with Gasteiger partial charge in [0.15, 0.2) is 0 Å². The van der Waals surface area contributed by atoms with Crippen LogP contribution in [0.2, 0.25) is 0 Å². The minimum absolute atomic E-state index is 0.300. The Bertz CT molecular complexity index is 334. The third-order valence-electron chi connectivity index (χ3n) is 2.36. The number of hydrogen-bond donors (Lipinski definition) is 1. The number of rotatable bonds is 0. The maximum absolute atomic E-state index is 12.0. The number of carbonyl (C=O) groups excluding carboxylic acids is 1. The van der Waals surface area contributed by atoms with Crippen LogP contribution < -0.4 is 5.32 Å². The first-order chi connectivity index (χ1) is 8.99. The van der Waals surface area contributed by atoms with Crippen LogP contribution in [0.4, 0.5) is 4.79 Å². The normalized spacial score (nSPS) is 21.9. The van der Waals surface area contributed by atoms with E-state index in [0.29, 0.717) is 39.3 Å². The van der Waals surface area contributed by atoms with E-state index in [9.17, 15) is 4.79 Å². The lowest BCUT2D eigenvalue weighted by atomic mass is 10.2. The molecule has 0 bridgehead atoms. The van der Waals surface area contributed by atoms with Crippen molar-refractivity contribution in [1.82, 2.24) is 10.2 Å². The monoisotopic (exact) mass is 268 g/mol. The van der Waals surface area contributed by atoms with Crippen molar-refractivity contribution in [3.05, 3.63) is 0 Å². The zero-order valence-electron chi connectivity index (χ0n) is 12.1. The standard InChI is InChI=1S/C13H24N4O2/c1-13(2,3)19-12(18)17-10-8-15-6-4-14-5-7-16-9-11-17/h4,9,15H,5-8,10-11H2,1-3H3/b14-4+,16-9+. The molecule has 6 heteroatoms. The average molecular weight is 268 g/mol. The molecule has 0 aromatic carbocycles. The van der Waals surface area contributed by atoms with Crippen molar-refractivity contribution in [2.75, 3.05) is 39.3 Å². The molecule has 0 saturated carbocycles. The summed E-state index contributed by atoms with van der Waals surface area (Å²) in [6.45, 7) is 9.42. The summed E-state index contributed by atoms with van der Waals surface area (Å²) in [5, 5.41) is 3.21. The molecule has 19 heavy (non-hydrogen) atoms. The number of ether oxygens (including phenoxy) is 1. The van der Waals surface area contributed by atoms with Gasteiger partial charge in [-0.25, -0.2) is 4.79 Å². The summed E-state index contributed by atoms with van der Waals surface area (Å²) in [6.07, 6.45) is 3.29. The molecule has 1 aliphatic heterocycles. The van der Waals surface area contributed by atoms with Crippen LogP contribution in [0.15, 0.2) is 9.98 Å². The average Bonchev–Trinajstić information content (AvgIpc) is 2.27. The summed E-state index contributed by atoms with van der Waals surface area (Å²) >= 11 is 0. The molecule has 0 aliphatic carbocycles. The Kier molecular flexibility index (Phi) is 6.49. The summed E-state index contributed by atoms with van der Waals surface area (Å²) < 4.78 is 5.37. The van der Waals surface area contributed by atoms with Gasteiger partial charge in [0.25, 0.3) is 0 Å². The first kappa shape index (κ1) is 15.6. The summed E-state index contributed by atoms with van der Waals surface area (Å²) in [7, 11) is 0. The van der Waals surface area contributed by atoms with Crippen molar-refractivity contribution in [3.63, 3.8) is 0 Å². The molecule has 1 rings (SSSR count). The van der Waals surface area contributed by atoms with E-state index < -0.39 is 5.60 Å². The molecule has 1 aliphatic rings.